The number of thiol groups is 1. The van der Waals surface area contributed by atoms with Gasteiger partial charge in [-0.05, 0) is 37.5 Å². The quantitative estimate of drug-likeness (QED) is 0.764. The maximum Gasteiger partial charge on any atom is 0.278 e. The predicted octanol–water partition coefficient (Wildman–Crippen LogP) is 3.09. The first-order chi connectivity index (χ1) is 6.91. The standard InChI is InChI=1S/C12H17NOS/c1-8-5-9(2)11(10(3)6-8)7-13(4)12(14)15/h5-6H,7H2,1-4H3,(H,14,15). The van der Waals surface area contributed by atoms with Crippen molar-refractivity contribution >= 4 is 17.9 Å². The predicted molar refractivity (Wildman–Crippen MR) is 66.5 cm³/mol. The molecule has 0 aliphatic heterocycles. The second-order valence-electron chi connectivity index (χ2n) is 4.02. The van der Waals surface area contributed by atoms with Crippen molar-refractivity contribution in [3.8, 4) is 0 Å². The summed E-state index contributed by atoms with van der Waals surface area (Å²) in [6.07, 6.45) is 0. The molecule has 15 heavy (non-hydrogen) atoms. The number of aryl methyl sites for hydroxylation is 3. The van der Waals surface area contributed by atoms with Gasteiger partial charge in [0.2, 0.25) is 0 Å². The third kappa shape index (κ3) is 2.99. The van der Waals surface area contributed by atoms with Crippen LogP contribution in [0.25, 0.3) is 0 Å². The fourth-order valence-electron chi connectivity index (χ4n) is 1.76. The minimum atomic E-state index is -0.200. The Bertz CT molecular complexity index is 364. The summed E-state index contributed by atoms with van der Waals surface area (Å²) in [5, 5.41) is -0.200. The van der Waals surface area contributed by atoms with Gasteiger partial charge in [-0.25, -0.2) is 0 Å². The van der Waals surface area contributed by atoms with Gasteiger partial charge in [-0.2, -0.15) is 0 Å². The Balaban J connectivity index is 3.00. The van der Waals surface area contributed by atoms with Gasteiger partial charge in [-0.15, -0.1) is 0 Å². The maximum absolute atomic E-state index is 11.0. The highest BCUT2D eigenvalue weighted by Crippen LogP contribution is 2.18. The molecule has 0 aromatic heterocycles. The molecule has 0 aliphatic rings. The number of hydrogen-bond acceptors (Lipinski definition) is 1. The molecule has 0 atom stereocenters. The molecule has 1 aromatic carbocycles. The third-order valence-corrected chi connectivity index (χ3v) is 2.90. The van der Waals surface area contributed by atoms with E-state index in [-0.39, 0.29) is 5.24 Å². The van der Waals surface area contributed by atoms with Gasteiger partial charge in [0, 0.05) is 13.6 Å². The fourth-order valence-corrected chi connectivity index (χ4v) is 1.83. The highest BCUT2D eigenvalue weighted by atomic mass is 32.1. The lowest BCUT2D eigenvalue weighted by Crippen LogP contribution is -2.21. The second-order valence-corrected chi connectivity index (χ2v) is 4.40. The van der Waals surface area contributed by atoms with E-state index in [2.05, 4.69) is 45.5 Å². The van der Waals surface area contributed by atoms with Crippen LogP contribution in [0.1, 0.15) is 22.3 Å². The molecule has 3 heteroatoms. The van der Waals surface area contributed by atoms with E-state index in [1.807, 2.05) is 0 Å². The van der Waals surface area contributed by atoms with Gasteiger partial charge in [0.25, 0.3) is 5.24 Å². The van der Waals surface area contributed by atoms with Gasteiger partial charge in [-0.3, -0.25) is 4.79 Å². The maximum atomic E-state index is 11.0. The summed E-state index contributed by atoms with van der Waals surface area (Å²) in [6, 6.07) is 4.28. The summed E-state index contributed by atoms with van der Waals surface area (Å²) in [6.45, 7) is 6.86. The molecule has 1 amide bonds. The lowest BCUT2D eigenvalue weighted by molar-refractivity contribution is 0.232. The van der Waals surface area contributed by atoms with E-state index in [0.29, 0.717) is 6.54 Å². The Morgan fingerprint density at radius 2 is 1.73 bits per heavy atom. The number of carbonyl (C=O) groups is 1. The Morgan fingerprint density at radius 3 is 2.13 bits per heavy atom. The largest absolute Gasteiger partial charge is 0.333 e. The summed E-state index contributed by atoms with van der Waals surface area (Å²) < 4.78 is 0. The minimum absolute atomic E-state index is 0.200. The Hall–Kier alpha value is -0.960. The minimum Gasteiger partial charge on any atom is -0.333 e. The van der Waals surface area contributed by atoms with Crippen LogP contribution in [0.15, 0.2) is 12.1 Å². The van der Waals surface area contributed by atoms with Crippen molar-refractivity contribution in [3.63, 3.8) is 0 Å². The number of rotatable bonds is 2. The second kappa shape index (κ2) is 4.71. The molecular weight excluding hydrogens is 206 g/mol. The highest BCUT2D eigenvalue weighted by molar-refractivity contribution is 7.96. The average molecular weight is 223 g/mol. The molecule has 0 saturated heterocycles. The molecule has 1 rings (SSSR count). The van der Waals surface area contributed by atoms with Crippen molar-refractivity contribution in [1.82, 2.24) is 4.90 Å². The molecule has 2 nitrogen and oxygen atoms in total. The first-order valence-electron chi connectivity index (χ1n) is 4.92. The van der Waals surface area contributed by atoms with Gasteiger partial charge in [0.1, 0.15) is 0 Å². The van der Waals surface area contributed by atoms with Gasteiger partial charge in [0.15, 0.2) is 0 Å². The molecule has 0 aliphatic carbocycles. The van der Waals surface area contributed by atoms with Crippen LogP contribution >= 0.6 is 12.6 Å². The topological polar surface area (TPSA) is 20.3 Å². The zero-order valence-electron chi connectivity index (χ0n) is 9.66. The van der Waals surface area contributed by atoms with Crippen molar-refractivity contribution < 1.29 is 4.79 Å². The van der Waals surface area contributed by atoms with Crippen molar-refractivity contribution in [2.45, 2.75) is 27.3 Å². The van der Waals surface area contributed by atoms with Gasteiger partial charge in [-0.1, -0.05) is 30.3 Å². The summed E-state index contributed by atoms with van der Waals surface area (Å²) in [5.74, 6) is 0. The Kier molecular flexibility index (Phi) is 3.80. The van der Waals surface area contributed by atoms with Crippen LogP contribution in [0.3, 0.4) is 0 Å². The van der Waals surface area contributed by atoms with E-state index >= 15 is 0 Å². The highest BCUT2D eigenvalue weighted by Gasteiger charge is 2.09. The molecule has 1 aromatic rings. The molecule has 82 valence electrons. The van der Waals surface area contributed by atoms with Crippen molar-refractivity contribution in [1.29, 1.82) is 0 Å². The van der Waals surface area contributed by atoms with Crippen LogP contribution in [-0.2, 0) is 6.54 Å². The molecule has 0 radical (unpaired) electrons. The molecule has 0 heterocycles. The number of carbonyl (C=O) groups excluding carboxylic acids is 1. The monoisotopic (exact) mass is 223 g/mol. The average Bonchev–Trinajstić information content (AvgIpc) is 2.10. The van der Waals surface area contributed by atoms with Gasteiger partial charge < -0.3 is 4.90 Å². The van der Waals surface area contributed by atoms with Crippen LogP contribution in [-0.4, -0.2) is 17.2 Å². The first-order valence-corrected chi connectivity index (χ1v) is 5.37. The smallest absolute Gasteiger partial charge is 0.278 e. The van der Waals surface area contributed by atoms with Crippen LogP contribution in [0.4, 0.5) is 4.79 Å². The van der Waals surface area contributed by atoms with Crippen molar-refractivity contribution in [3.05, 3.63) is 34.4 Å². The molecule has 0 fully saturated rings. The molecule has 0 bridgehead atoms. The van der Waals surface area contributed by atoms with E-state index in [4.69, 9.17) is 0 Å². The SMILES string of the molecule is Cc1cc(C)c(CN(C)C(=O)S)c(C)c1. The summed E-state index contributed by atoms with van der Waals surface area (Å²) in [7, 11) is 1.76. The van der Waals surface area contributed by atoms with Crippen LogP contribution < -0.4 is 0 Å². The molecule has 0 N–H and O–H groups in total. The first kappa shape index (κ1) is 12.1. The summed E-state index contributed by atoms with van der Waals surface area (Å²) in [5.41, 5.74) is 4.93. The number of hydrogen-bond donors (Lipinski definition) is 1. The van der Waals surface area contributed by atoms with E-state index in [9.17, 15) is 4.79 Å². The number of nitrogens with zero attached hydrogens (tertiary/aromatic N) is 1. The van der Waals surface area contributed by atoms with E-state index in [1.165, 1.54) is 22.3 Å². The lowest BCUT2D eigenvalue weighted by atomic mass is 10.00. The van der Waals surface area contributed by atoms with E-state index < -0.39 is 0 Å². The fraction of sp³-hybridized carbons (Fsp3) is 0.417. The van der Waals surface area contributed by atoms with E-state index in [0.717, 1.165) is 0 Å². The van der Waals surface area contributed by atoms with Gasteiger partial charge in [0.05, 0.1) is 0 Å². The molecule has 0 saturated carbocycles. The lowest BCUT2D eigenvalue weighted by Gasteiger charge is -2.18. The zero-order chi connectivity index (χ0) is 11.6. The summed E-state index contributed by atoms with van der Waals surface area (Å²) >= 11 is 3.80. The zero-order valence-corrected chi connectivity index (χ0v) is 10.6. The summed E-state index contributed by atoms with van der Waals surface area (Å²) in [4.78, 5) is 12.6. The Morgan fingerprint density at radius 1 is 1.27 bits per heavy atom. The number of amides is 1. The van der Waals surface area contributed by atoms with Crippen molar-refractivity contribution in [2.24, 2.45) is 0 Å². The van der Waals surface area contributed by atoms with Crippen LogP contribution in [0, 0.1) is 20.8 Å². The van der Waals surface area contributed by atoms with Crippen LogP contribution in [0.5, 0.6) is 0 Å². The molecular formula is C12H17NOS. The van der Waals surface area contributed by atoms with E-state index in [1.54, 1.807) is 11.9 Å². The van der Waals surface area contributed by atoms with Crippen molar-refractivity contribution in [2.75, 3.05) is 7.05 Å². The number of benzene rings is 1. The molecule has 0 unspecified atom stereocenters. The third-order valence-electron chi connectivity index (χ3n) is 2.56. The Labute approximate surface area is 96.7 Å². The van der Waals surface area contributed by atoms with Crippen LogP contribution in [0.2, 0.25) is 0 Å². The van der Waals surface area contributed by atoms with Gasteiger partial charge >= 0.3 is 0 Å². The molecule has 0 spiro atoms. The normalized spacial score (nSPS) is 10.2.